The van der Waals surface area contributed by atoms with Crippen molar-refractivity contribution in [3.8, 4) is 0 Å². The van der Waals surface area contributed by atoms with Crippen molar-refractivity contribution in [2.75, 3.05) is 13.2 Å². The van der Waals surface area contributed by atoms with Gasteiger partial charge in [-0.25, -0.2) is 4.68 Å². The van der Waals surface area contributed by atoms with Crippen molar-refractivity contribution in [3.63, 3.8) is 0 Å². The Bertz CT molecular complexity index is 428. The van der Waals surface area contributed by atoms with Crippen LogP contribution in [0, 0.1) is 0 Å². The molecule has 0 aromatic carbocycles. The zero-order chi connectivity index (χ0) is 14.4. The third-order valence-corrected chi connectivity index (χ3v) is 3.43. The normalized spacial score (nSPS) is 17.9. The minimum atomic E-state index is -0.104. The van der Waals surface area contributed by atoms with Crippen molar-refractivity contribution >= 4 is 5.91 Å². The summed E-state index contributed by atoms with van der Waals surface area (Å²) in [7, 11) is 0. The SMILES string of the molecule is CCCC(N)c1cn(CC(=O)NC2CCOCC2)nn1. The van der Waals surface area contributed by atoms with Crippen molar-refractivity contribution in [2.45, 2.75) is 51.2 Å². The number of nitrogens with one attached hydrogen (secondary N) is 1. The van der Waals surface area contributed by atoms with Crippen LogP contribution in [0.2, 0.25) is 0 Å². The minimum absolute atomic E-state index is 0.0441. The smallest absolute Gasteiger partial charge is 0.242 e. The molecule has 20 heavy (non-hydrogen) atoms. The number of aromatic nitrogens is 3. The number of rotatable bonds is 6. The summed E-state index contributed by atoms with van der Waals surface area (Å²) in [6.45, 7) is 3.68. The lowest BCUT2D eigenvalue weighted by molar-refractivity contribution is -0.123. The van der Waals surface area contributed by atoms with Crippen LogP contribution in [-0.4, -0.2) is 40.2 Å². The monoisotopic (exact) mass is 281 g/mol. The molecule has 1 saturated heterocycles. The fourth-order valence-electron chi connectivity index (χ4n) is 2.28. The van der Waals surface area contributed by atoms with Crippen LogP contribution in [0.25, 0.3) is 0 Å². The molecule has 1 aromatic rings. The van der Waals surface area contributed by atoms with E-state index in [9.17, 15) is 4.79 Å². The zero-order valence-corrected chi connectivity index (χ0v) is 11.9. The van der Waals surface area contributed by atoms with E-state index in [1.165, 1.54) is 0 Å². The Balaban J connectivity index is 1.81. The molecule has 7 nitrogen and oxygen atoms in total. The van der Waals surface area contributed by atoms with Crippen LogP contribution in [-0.2, 0) is 16.1 Å². The molecule has 2 rings (SSSR count). The number of carbonyl (C=O) groups is 1. The van der Waals surface area contributed by atoms with Gasteiger partial charge in [-0.3, -0.25) is 4.79 Å². The lowest BCUT2D eigenvalue weighted by Crippen LogP contribution is -2.40. The van der Waals surface area contributed by atoms with E-state index < -0.39 is 0 Å². The van der Waals surface area contributed by atoms with Crippen LogP contribution < -0.4 is 11.1 Å². The summed E-state index contributed by atoms with van der Waals surface area (Å²) in [5.74, 6) is -0.0441. The van der Waals surface area contributed by atoms with Gasteiger partial charge in [0.2, 0.25) is 5.91 Å². The van der Waals surface area contributed by atoms with E-state index in [-0.39, 0.29) is 24.5 Å². The van der Waals surface area contributed by atoms with Crippen LogP contribution in [0.1, 0.15) is 44.3 Å². The first-order valence-corrected chi connectivity index (χ1v) is 7.21. The van der Waals surface area contributed by atoms with Gasteiger partial charge in [0.1, 0.15) is 6.54 Å². The van der Waals surface area contributed by atoms with Gasteiger partial charge < -0.3 is 15.8 Å². The van der Waals surface area contributed by atoms with Crippen molar-refractivity contribution in [1.29, 1.82) is 0 Å². The molecule has 0 spiro atoms. The number of hydrogen-bond donors (Lipinski definition) is 2. The average molecular weight is 281 g/mol. The molecule has 1 unspecified atom stereocenters. The highest BCUT2D eigenvalue weighted by Crippen LogP contribution is 2.12. The number of nitrogens with two attached hydrogens (primary N) is 1. The van der Waals surface area contributed by atoms with Gasteiger partial charge in [0, 0.05) is 19.3 Å². The Hall–Kier alpha value is -1.47. The topological polar surface area (TPSA) is 95.1 Å². The second-order valence-electron chi connectivity index (χ2n) is 5.19. The van der Waals surface area contributed by atoms with Gasteiger partial charge in [0.05, 0.1) is 17.9 Å². The van der Waals surface area contributed by atoms with E-state index in [4.69, 9.17) is 10.5 Å². The first-order chi connectivity index (χ1) is 9.69. The predicted molar refractivity (Wildman–Crippen MR) is 73.8 cm³/mol. The predicted octanol–water partition coefficient (Wildman–Crippen LogP) is 0.373. The van der Waals surface area contributed by atoms with Crippen LogP contribution in [0.15, 0.2) is 6.20 Å². The molecule has 0 saturated carbocycles. The lowest BCUT2D eigenvalue weighted by atomic mass is 10.1. The molecule has 1 aliphatic heterocycles. The summed E-state index contributed by atoms with van der Waals surface area (Å²) in [4.78, 5) is 11.9. The number of hydrogen-bond acceptors (Lipinski definition) is 5. The highest BCUT2D eigenvalue weighted by atomic mass is 16.5. The maximum absolute atomic E-state index is 11.9. The van der Waals surface area contributed by atoms with E-state index in [2.05, 4.69) is 22.6 Å². The second kappa shape index (κ2) is 7.35. The first-order valence-electron chi connectivity index (χ1n) is 7.21. The van der Waals surface area contributed by atoms with Crippen molar-refractivity contribution in [3.05, 3.63) is 11.9 Å². The number of amides is 1. The number of carbonyl (C=O) groups excluding carboxylic acids is 1. The fraction of sp³-hybridized carbons (Fsp3) is 0.769. The van der Waals surface area contributed by atoms with Crippen molar-refractivity contribution < 1.29 is 9.53 Å². The highest BCUT2D eigenvalue weighted by molar-refractivity contribution is 5.75. The summed E-state index contributed by atoms with van der Waals surface area (Å²) < 4.78 is 6.80. The number of nitrogens with zero attached hydrogens (tertiary/aromatic N) is 3. The second-order valence-corrected chi connectivity index (χ2v) is 5.19. The van der Waals surface area contributed by atoms with Crippen LogP contribution in [0.3, 0.4) is 0 Å². The third kappa shape index (κ3) is 4.28. The molecule has 1 aliphatic rings. The van der Waals surface area contributed by atoms with E-state index >= 15 is 0 Å². The summed E-state index contributed by atoms with van der Waals surface area (Å²) in [6, 6.07) is 0.105. The van der Waals surface area contributed by atoms with Crippen LogP contribution in [0.5, 0.6) is 0 Å². The zero-order valence-electron chi connectivity index (χ0n) is 11.9. The van der Waals surface area contributed by atoms with Gasteiger partial charge >= 0.3 is 0 Å². The largest absolute Gasteiger partial charge is 0.381 e. The molecule has 1 amide bonds. The molecule has 3 N–H and O–H groups in total. The molecule has 7 heteroatoms. The molecular weight excluding hydrogens is 258 g/mol. The Labute approximate surface area is 118 Å². The molecule has 1 atom stereocenters. The highest BCUT2D eigenvalue weighted by Gasteiger charge is 2.17. The maximum Gasteiger partial charge on any atom is 0.242 e. The average Bonchev–Trinajstić information content (AvgIpc) is 2.88. The van der Waals surface area contributed by atoms with Gasteiger partial charge in [-0.15, -0.1) is 5.10 Å². The molecule has 1 aromatic heterocycles. The van der Waals surface area contributed by atoms with Gasteiger partial charge in [0.15, 0.2) is 0 Å². The van der Waals surface area contributed by atoms with Crippen LogP contribution >= 0.6 is 0 Å². The molecular formula is C13H23N5O2. The molecule has 1 fully saturated rings. The quantitative estimate of drug-likeness (QED) is 0.785. The lowest BCUT2D eigenvalue weighted by Gasteiger charge is -2.22. The van der Waals surface area contributed by atoms with E-state index in [1.807, 2.05) is 0 Å². The number of ether oxygens (including phenoxy) is 1. The Morgan fingerprint density at radius 1 is 1.60 bits per heavy atom. The fourth-order valence-corrected chi connectivity index (χ4v) is 2.28. The molecule has 112 valence electrons. The van der Waals surface area contributed by atoms with Gasteiger partial charge in [-0.1, -0.05) is 18.6 Å². The van der Waals surface area contributed by atoms with Crippen LogP contribution in [0.4, 0.5) is 0 Å². The molecule has 2 heterocycles. The van der Waals surface area contributed by atoms with Crippen molar-refractivity contribution in [1.82, 2.24) is 20.3 Å². The Morgan fingerprint density at radius 3 is 3.05 bits per heavy atom. The Morgan fingerprint density at radius 2 is 2.35 bits per heavy atom. The third-order valence-electron chi connectivity index (χ3n) is 3.43. The van der Waals surface area contributed by atoms with Gasteiger partial charge in [-0.2, -0.15) is 0 Å². The molecule has 0 aliphatic carbocycles. The molecule has 0 radical (unpaired) electrons. The summed E-state index contributed by atoms with van der Waals surface area (Å²) in [6.07, 6.45) is 5.36. The summed E-state index contributed by atoms with van der Waals surface area (Å²) in [5.41, 5.74) is 6.71. The standard InChI is InChI=1S/C13H23N5O2/c1-2-3-11(14)12-8-18(17-16-12)9-13(19)15-10-4-6-20-7-5-10/h8,10-11H,2-7,9,14H2,1H3,(H,15,19). The molecule has 0 bridgehead atoms. The summed E-state index contributed by atoms with van der Waals surface area (Å²) >= 11 is 0. The minimum Gasteiger partial charge on any atom is -0.381 e. The van der Waals surface area contributed by atoms with E-state index in [0.29, 0.717) is 13.2 Å². The van der Waals surface area contributed by atoms with Gasteiger partial charge in [-0.05, 0) is 19.3 Å². The first kappa shape index (κ1) is 14.9. The van der Waals surface area contributed by atoms with Crippen molar-refractivity contribution in [2.24, 2.45) is 5.73 Å². The van der Waals surface area contributed by atoms with E-state index in [0.717, 1.165) is 31.4 Å². The maximum atomic E-state index is 11.9. The van der Waals surface area contributed by atoms with E-state index in [1.54, 1.807) is 10.9 Å². The Kier molecular flexibility index (Phi) is 5.49. The van der Waals surface area contributed by atoms with Gasteiger partial charge in [0.25, 0.3) is 0 Å². The summed E-state index contributed by atoms with van der Waals surface area (Å²) in [5, 5.41) is 11.0.